The molecule has 1 fully saturated rings. The lowest BCUT2D eigenvalue weighted by Crippen LogP contribution is -2.38. The maximum atomic E-state index is 12.4. The van der Waals surface area contributed by atoms with Crippen LogP contribution in [0.5, 0.6) is 0 Å². The highest BCUT2D eigenvalue weighted by Crippen LogP contribution is 2.26. The normalized spacial score (nSPS) is 14.5. The van der Waals surface area contributed by atoms with Crippen molar-refractivity contribution in [1.82, 2.24) is 9.47 Å². The third kappa shape index (κ3) is 6.75. The molecule has 2 heterocycles. The van der Waals surface area contributed by atoms with E-state index in [-0.39, 0.29) is 12.1 Å². The molecule has 1 amide bonds. The molecule has 0 atom stereocenters. The van der Waals surface area contributed by atoms with Gasteiger partial charge in [-0.05, 0) is 56.2 Å². The summed E-state index contributed by atoms with van der Waals surface area (Å²) in [6.07, 6.45) is 9.47. The zero-order valence-corrected chi connectivity index (χ0v) is 20.4. The number of para-hydroxylation sites is 1. The molecule has 0 bridgehead atoms. The van der Waals surface area contributed by atoms with Gasteiger partial charge < -0.3 is 18.9 Å². The SMILES string of the molecule is CCOC(=O)/C=C/c1cn(CCCC2CCN(C(=O)OCc3ccccc3)CC2)c2ccccc12. The number of carbonyl (C=O) groups excluding carboxylic acids is 2. The molecule has 0 unspecified atom stereocenters. The van der Waals surface area contributed by atoms with Gasteiger partial charge in [-0.1, -0.05) is 48.5 Å². The highest BCUT2D eigenvalue weighted by Gasteiger charge is 2.23. The molecule has 0 spiro atoms. The number of nitrogens with zero attached hydrogens (tertiary/aromatic N) is 2. The van der Waals surface area contributed by atoms with Crippen molar-refractivity contribution < 1.29 is 19.1 Å². The second kappa shape index (κ2) is 12.2. The van der Waals surface area contributed by atoms with Crippen LogP contribution in [0.15, 0.2) is 66.9 Å². The molecule has 1 aliphatic rings. The predicted molar refractivity (Wildman–Crippen MR) is 138 cm³/mol. The van der Waals surface area contributed by atoms with Crippen molar-refractivity contribution >= 4 is 29.0 Å². The average molecular weight is 475 g/mol. The van der Waals surface area contributed by atoms with Gasteiger partial charge in [-0.2, -0.15) is 0 Å². The van der Waals surface area contributed by atoms with Crippen LogP contribution in [0.2, 0.25) is 0 Å². The molecule has 6 heteroatoms. The summed E-state index contributed by atoms with van der Waals surface area (Å²) < 4.78 is 12.8. The van der Waals surface area contributed by atoms with Crippen LogP contribution in [-0.2, 0) is 27.4 Å². The molecule has 3 aromatic rings. The van der Waals surface area contributed by atoms with Gasteiger partial charge in [-0.15, -0.1) is 0 Å². The first-order valence-corrected chi connectivity index (χ1v) is 12.5. The molecule has 6 nitrogen and oxygen atoms in total. The first kappa shape index (κ1) is 24.6. The van der Waals surface area contributed by atoms with E-state index in [1.54, 1.807) is 6.92 Å². The quantitative estimate of drug-likeness (QED) is 0.280. The molecule has 1 aromatic heterocycles. The fourth-order valence-corrected chi connectivity index (χ4v) is 4.71. The third-order valence-electron chi connectivity index (χ3n) is 6.59. The lowest BCUT2D eigenvalue weighted by molar-refractivity contribution is -0.137. The first-order chi connectivity index (χ1) is 17.1. The Bertz CT molecular complexity index is 1140. The van der Waals surface area contributed by atoms with Crippen LogP contribution in [0, 0.1) is 5.92 Å². The van der Waals surface area contributed by atoms with Crippen LogP contribution < -0.4 is 0 Å². The number of hydrogen-bond acceptors (Lipinski definition) is 4. The Labute approximate surface area is 207 Å². The number of aryl methyl sites for hydroxylation is 1. The summed E-state index contributed by atoms with van der Waals surface area (Å²) in [5.41, 5.74) is 3.20. The fraction of sp³-hybridized carbons (Fsp3) is 0.379. The topological polar surface area (TPSA) is 60.8 Å². The zero-order chi connectivity index (χ0) is 24.5. The molecular formula is C29H34N2O4. The maximum Gasteiger partial charge on any atom is 0.410 e. The number of carbonyl (C=O) groups is 2. The van der Waals surface area contributed by atoms with Gasteiger partial charge in [0, 0.05) is 48.4 Å². The summed E-state index contributed by atoms with van der Waals surface area (Å²) in [5.74, 6) is 0.304. The minimum Gasteiger partial charge on any atom is -0.463 e. The molecule has 35 heavy (non-hydrogen) atoms. The van der Waals surface area contributed by atoms with Crippen molar-refractivity contribution in [2.45, 2.75) is 45.8 Å². The minimum absolute atomic E-state index is 0.213. The summed E-state index contributed by atoms with van der Waals surface area (Å²) in [6, 6.07) is 18.1. The third-order valence-corrected chi connectivity index (χ3v) is 6.59. The Morgan fingerprint density at radius 2 is 1.74 bits per heavy atom. The number of ether oxygens (including phenoxy) is 2. The number of hydrogen-bond donors (Lipinski definition) is 0. The monoisotopic (exact) mass is 474 g/mol. The van der Waals surface area contributed by atoms with Crippen LogP contribution in [0.3, 0.4) is 0 Å². The fourth-order valence-electron chi connectivity index (χ4n) is 4.71. The molecule has 0 saturated carbocycles. The van der Waals surface area contributed by atoms with Crippen LogP contribution >= 0.6 is 0 Å². The number of likely N-dealkylation sites (tertiary alicyclic amines) is 1. The number of piperidine rings is 1. The predicted octanol–water partition coefficient (Wildman–Crippen LogP) is 6.05. The van der Waals surface area contributed by atoms with E-state index in [0.29, 0.717) is 19.1 Å². The van der Waals surface area contributed by atoms with E-state index >= 15 is 0 Å². The van der Waals surface area contributed by atoms with Gasteiger partial charge in [0.25, 0.3) is 0 Å². The van der Waals surface area contributed by atoms with Gasteiger partial charge in [-0.3, -0.25) is 0 Å². The van der Waals surface area contributed by atoms with Crippen LogP contribution in [0.4, 0.5) is 4.79 Å². The van der Waals surface area contributed by atoms with Gasteiger partial charge in [0.2, 0.25) is 0 Å². The van der Waals surface area contributed by atoms with Crippen molar-refractivity contribution in [1.29, 1.82) is 0 Å². The van der Waals surface area contributed by atoms with Crippen molar-refractivity contribution in [3.05, 3.63) is 78.0 Å². The molecule has 0 radical (unpaired) electrons. The molecule has 1 saturated heterocycles. The van der Waals surface area contributed by atoms with Crippen molar-refractivity contribution in [2.75, 3.05) is 19.7 Å². The van der Waals surface area contributed by atoms with Crippen molar-refractivity contribution in [2.24, 2.45) is 5.92 Å². The number of rotatable bonds is 9. The van der Waals surface area contributed by atoms with E-state index in [9.17, 15) is 9.59 Å². The molecule has 0 aliphatic carbocycles. The van der Waals surface area contributed by atoms with E-state index in [1.807, 2.05) is 53.4 Å². The highest BCUT2D eigenvalue weighted by molar-refractivity contribution is 5.94. The molecule has 2 aromatic carbocycles. The average Bonchev–Trinajstić information content (AvgIpc) is 3.25. The number of amides is 1. The first-order valence-electron chi connectivity index (χ1n) is 12.5. The number of esters is 1. The summed E-state index contributed by atoms with van der Waals surface area (Å²) in [4.78, 5) is 26.0. The Balaban J connectivity index is 1.24. The van der Waals surface area contributed by atoms with E-state index in [0.717, 1.165) is 61.8 Å². The van der Waals surface area contributed by atoms with E-state index in [2.05, 4.69) is 22.9 Å². The molecule has 4 rings (SSSR count). The maximum absolute atomic E-state index is 12.4. The van der Waals surface area contributed by atoms with E-state index in [1.165, 1.54) is 11.6 Å². The van der Waals surface area contributed by atoms with Crippen LogP contribution in [-0.4, -0.2) is 41.2 Å². The second-order valence-corrected chi connectivity index (χ2v) is 8.99. The molecule has 184 valence electrons. The standard InChI is InChI=1S/C29H34N2O4/c1-2-34-28(32)15-14-25-21-31(27-13-7-6-12-26(25)27)18-8-11-23-16-19-30(20-17-23)29(33)35-22-24-9-4-3-5-10-24/h3-7,9-10,12-15,21,23H,2,8,11,16-20,22H2,1H3/b15-14+. The smallest absolute Gasteiger partial charge is 0.410 e. The summed E-state index contributed by atoms with van der Waals surface area (Å²) in [5, 5.41) is 1.13. The lowest BCUT2D eigenvalue weighted by atomic mass is 9.92. The Morgan fingerprint density at radius 3 is 2.51 bits per heavy atom. The van der Waals surface area contributed by atoms with Crippen molar-refractivity contribution in [3.8, 4) is 0 Å². The Hall–Kier alpha value is -3.54. The van der Waals surface area contributed by atoms with Gasteiger partial charge in [-0.25, -0.2) is 9.59 Å². The van der Waals surface area contributed by atoms with Crippen molar-refractivity contribution in [3.63, 3.8) is 0 Å². The number of benzene rings is 2. The zero-order valence-electron chi connectivity index (χ0n) is 20.4. The highest BCUT2D eigenvalue weighted by atomic mass is 16.6. The molecule has 0 N–H and O–H groups in total. The largest absolute Gasteiger partial charge is 0.463 e. The van der Waals surface area contributed by atoms with Gasteiger partial charge >= 0.3 is 12.1 Å². The number of fused-ring (bicyclic) bond motifs is 1. The van der Waals surface area contributed by atoms with Gasteiger partial charge in [0.15, 0.2) is 0 Å². The molecule has 1 aliphatic heterocycles. The molecular weight excluding hydrogens is 440 g/mol. The van der Waals surface area contributed by atoms with Crippen LogP contribution in [0.1, 0.15) is 43.7 Å². The summed E-state index contributed by atoms with van der Waals surface area (Å²) >= 11 is 0. The lowest BCUT2D eigenvalue weighted by Gasteiger charge is -2.31. The van der Waals surface area contributed by atoms with Gasteiger partial charge in [0.1, 0.15) is 6.61 Å². The summed E-state index contributed by atoms with van der Waals surface area (Å²) in [7, 11) is 0. The summed E-state index contributed by atoms with van der Waals surface area (Å²) in [6.45, 7) is 4.94. The van der Waals surface area contributed by atoms with Crippen LogP contribution in [0.25, 0.3) is 17.0 Å². The second-order valence-electron chi connectivity index (χ2n) is 8.99. The Morgan fingerprint density at radius 1 is 1.00 bits per heavy atom. The van der Waals surface area contributed by atoms with E-state index in [4.69, 9.17) is 9.47 Å². The van der Waals surface area contributed by atoms with E-state index < -0.39 is 0 Å². The Kier molecular flexibility index (Phi) is 8.60. The number of aromatic nitrogens is 1. The van der Waals surface area contributed by atoms with Gasteiger partial charge in [0.05, 0.1) is 6.61 Å². The minimum atomic E-state index is -0.320.